The molecule has 0 radical (unpaired) electrons. The molecule has 1 aliphatic heterocycles. The van der Waals surface area contributed by atoms with Crippen LogP contribution in [0.15, 0.2) is 0 Å². The van der Waals surface area contributed by atoms with Gasteiger partial charge in [-0.25, -0.2) is 0 Å². The third-order valence-electron chi connectivity index (χ3n) is 4.49. The SMILES string of the molecule is CC(C)C(S)C(=O)N1CCC2CCCCC2C1. The number of hydrogen-bond donors (Lipinski definition) is 1. The van der Waals surface area contributed by atoms with Gasteiger partial charge in [-0.2, -0.15) is 12.6 Å². The minimum Gasteiger partial charge on any atom is -0.341 e. The molecular formula is C14H25NOS. The summed E-state index contributed by atoms with van der Waals surface area (Å²) in [6.07, 6.45) is 6.69. The van der Waals surface area contributed by atoms with Crippen LogP contribution in [0.1, 0.15) is 46.0 Å². The van der Waals surface area contributed by atoms with Gasteiger partial charge in [0.2, 0.25) is 5.91 Å². The van der Waals surface area contributed by atoms with Gasteiger partial charge in [0.25, 0.3) is 0 Å². The first-order chi connectivity index (χ1) is 8.09. The molecule has 2 rings (SSSR count). The molecule has 1 saturated heterocycles. The molecule has 17 heavy (non-hydrogen) atoms. The van der Waals surface area contributed by atoms with Crippen molar-refractivity contribution in [3.05, 3.63) is 0 Å². The number of carbonyl (C=O) groups excluding carboxylic acids is 1. The quantitative estimate of drug-likeness (QED) is 0.752. The lowest BCUT2D eigenvalue weighted by Gasteiger charge is -2.42. The van der Waals surface area contributed by atoms with Gasteiger partial charge < -0.3 is 4.90 Å². The van der Waals surface area contributed by atoms with E-state index in [0.717, 1.165) is 24.9 Å². The largest absolute Gasteiger partial charge is 0.341 e. The van der Waals surface area contributed by atoms with E-state index in [1.54, 1.807) is 0 Å². The van der Waals surface area contributed by atoms with Crippen LogP contribution in [0.25, 0.3) is 0 Å². The van der Waals surface area contributed by atoms with Gasteiger partial charge in [-0.05, 0) is 30.6 Å². The van der Waals surface area contributed by atoms with Gasteiger partial charge in [0.1, 0.15) is 0 Å². The summed E-state index contributed by atoms with van der Waals surface area (Å²) in [6.45, 7) is 6.10. The Morgan fingerprint density at radius 1 is 1.18 bits per heavy atom. The minimum absolute atomic E-state index is 0.116. The second-order valence-corrected chi connectivity index (χ2v) is 6.62. The second-order valence-electron chi connectivity index (χ2n) is 6.07. The molecule has 98 valence electrons. The highest BCUT2D eigenvalue weighted by Crippen LogP contribution is 2.36. The Labute approximate surface area is 111 Å². The summed E-state index contributed by atoms with van der Waals surface area (Å²) in [5.74, 6) is 2.25. The zero-order valence-corrected chi connectivity index (χ0v) is 12.0. The zero-order valence-electron chi connectivity index (χ0n) is 11.1. The van der Waals surface area contributed by atoms with Crippen LogP contribution in [-0.4, -0.2) is 29.1 Å². The van der Waals surface area contributed by atoms with E-state index in [1.807, 2.05) is 0 Å². The Hall–Kier alpha value is -0.180. The third kappa shape index (κ3) is 2.98. The van der Waals surface area contributed by atoms with E-state index in [4.69, 9.17) is 0 Å². The van der Waals surface area contributed by atoms with Crippen molar-refractivity contribution in [2.24, 2.45) is 17.8 Å². The fraction of sp³-hybridized carbons (Fsp3) is 0.929. The number of hydrogen-bond acceptors (Lipinski definition) is 2. The summed E-state index contributed by atoms with van der Waals surface area (Å²) < 4.78 is 0. The summed E-state index contributed by atoms with van der Waals surface area (Å²) in [7, 11) is 0. The molecule has 0 spiro atoms. The average Bonchev–Trinajstić information content (AvgIpc) is 2.36. The maximum absolute atomic E-state index is 12.3. The summed E-state index contributed by atoms with van der Waals surface area (Å²) >= 11 is 4.46. The third-order valence-corrected chi connectivity index (χ3v) is 5.30. The van der Waals surface area contributed by atoms with Crippen molar-refractivity contribution in [2.75, 3.05) is 13.1 Å². The number of fused-ring (bicyclic) bond motifs is 1. The van der Waals surface area contributed by atoms with Crippen LogP contribution < -0.4 is 0 Å². The fourth-order valence-electron chi connectivity index (χ4n) is 3.27. The molecule has 0 aromatic carbocycles. The van der Waals surface area contributed by atoms with E-state index in [-0.39, 0.29) is 11.2 Å². The van der Waals surface area contributed by atoms with Crippen LogP contribution in [0, 0.1) is 17.8 Å². The van der Waals surface area contributed by atoms with Gasteiger partial charge in [0.15, 0.2) is 0 Å². The highest BCUT2D eigenvalue weighted by atomic mass is 32.1. The van der Waals surface area contributed by atoms with Crippen molar-refractivity contribution in [1.29, 1.82) is 0 Å². The molecule has 1 aliphatic carbocycles. The monoisotopic (exact) mass is 255 g/mol. The number of thiol groups is 1. The molecular weight excluding hydrogens is 230 g/mol. The number of rotatable bonds is 2. The molecule has 0 bridgehead atoms. The lowest BCUT2D eigenvalue weighted by molar-refractivity contribution is -0.134. The molecule has 2 fully saturated rings. The van der Waals surface area contributed by atoms with Crippen molar-refractivity contribution >= 4 is 18.5 Å². The van der Waals surface area contributed by atoms with Crippen LogP contribution in [0.4, 0.5) is 0 Å². The van der Waals surface area contributed by atoms with Crippen molar-refractivity contribution in [3.8, 4) is 0 Å². The van der Waals surface area contributed by atoms with Crippen molar-refractivity contribution in [2.45, 2.75) is 51.2 Å². The lowest BCUT2D eigenvalue weighted by Crippen LogP contribution is -2.48. The Morgan fingerprint density at radius 2 is 1.82 bits per heavy atom. The predicted octanol–water partition coefficient (Wildman–Crippen LogP) is 2.98. The normalized spacial score (nSPS) is 31.2. The molecule has 1 saturated carbocycles. The Kier molecular flexibility index (Phi) is 4.40. The maximum atomic E-state index is 12.3. The highest BCUT2D eigenvalue weighted by molar-refractivity contribution is 7.81. The van der Waals surface area contributed by atoms with Crippen LogP contribution in [0.2, 0.25) is 0 Å². The topological polar surface area (TPSA) is 20.3 Å². The standard InChI is InChI=1S/C14H25NOS/c1-10(2)13(17)14(16)15-8-7-11-5-3-4-6-12(11)9-15/h10-13,17H,3-9H2,1-2H3. The van der Waals surface area contributed by atoms with Gasteiger partial charge >= 0.3 is 0 Å². The van der Waals surface area contributed by atoms with Crippen molar-refractivity contribution in [3.63, 3.8) is 0 Å². The average molecular weight is 255 g/mol. The number of piperidine rings is 1. The van der Waals surface area contributed by atoms with E-state index < -0.39 is 0 Å². The molecule has 3 atom stereocenters. The number of likely N-dealkylation sites (tertiary alicyclic amines) is 1. The maximum Gasteiger partial charge on any atom is 0.235 e. The molecule has 0 aromatic heterocycles. The molecule has 0 aromatic rings. The van der Waals surface area contributed by atoms with Gasteiger partial charge in [0, 0.05) is 13.1 Å². The zero-order chi connectivity index (χ0) is 12.4. The Balaban J connectivity index is 1.93. The van der Waals surface area contributed by atoms with Crippen LogP contribution in [0.5, 0.6) is 0 Å². The second kappa shape index (κ2) is 5.64. The van der Waals surface area contributed by atoms with Crippen LogP contribution in [-0.2, 0) is 4.79 Å². The number of nitrogens with zero attached hydrogens (tertiary/aromatic N) is 1. The molecule has 0 N–H and O–H groups in total. The summed E-state index contributed by atoms with van der Waals surface area (Å²) in [4.78, 5) is 14.3. The molecule has 1 amide bonds. The molecule has 2 aliphatic rings. The summed E-state index contributed by atoms with van der Waals surface area (Å²) in [6, 6.07) is 0. The van der Waals surface area contributed by atoms with Crippen molar-refractivity contribution in [1.82, 2.24) is 4.90 Å². The van der Waals surface area contributed by atoms with Gasteiger partial charge in [-0.1, -0.05) is 33.1 Å². The first-order valence-corrected chi connectivity index (χ1v) is 7.58. The predicted molar refractivity (Wildman–Crippen MR) is 74.3 cm³/mol. The van der Waals surface area contributed by atoms with Crippen molar-refractivity contribution < 1.29 is 4.79 Å². The molecule has 2 nitrogen and oxygen atoms in total. The van der Waals surface area contributed by atoms with E-state index in [2.05, 4.69) is 31.4 Å². The molecule has 1 heterocycles. The summed E-state index contributed by atoms with van der Waals surface area (Å²) in [5, 5.41) is -0.116. The van der Waals surface area contributed by atoms with E-state index in [1.165, 1.54) is 32.1 Å². The highest BCUT2D eigenvalue weighted by Gasteiger charge is 2.34. The molecule has 3 unspecified atom stereocenters. The van der Waals surface area contributed by atoms with Gasteiger partial charge in [-0.15, -0.1) is 0 Å². The Morgan fingerprint density at radius 3 is 2.47 bits per heavy atom. The van der Waals surface area contributed by atoms with E-state index in [0.29, 0.717) is 5.92 Å². The smallest absolute Gasteiger partial charge is 0.235 e. The minimum atomic E-state index is -0.116. The molecule has 3 heteroatoms. The first kappa shape index (κ1) is 13.3. The summed E-state index contributed by atoms with van der Waals surface area (Å²) in [5.41, 5.74) is 0. The Bertz CT molecular complexity index is 279. The lowest BCUT2D eigenvalue weighted by atomic mass is 9.75. The fourth-order valence-corrected chi connectivity index (χ4v) is 3.44. The van der Waals surface area contributed by atoms with Crippen LogP contribution in [0.3, 0.4) is 0 Å². The van der Waals surface area contributed by atoms with Gasteiger partial charge in [0.05, 0.1) is 5.25 Å². The van der Waals surface area contributed by atoms with E-state index in [9.17, 15) is 4.79 Å². The van der Waals surface area contributed by atoms with E-state index >= 15 is 0 Å². The number of amides is 1. The van der Waals surface area contributed by atoms with Crippen LogP contribution >= 0.6 is 12.6 Å². The first-order valence-electron chi connectivity index (χ1n) is 7.06. The van der Waals surface area contributed by atoms with Gasteiger partial charge in [-0.3, -0.25) is 4.79 Å². The number of carbonyl (C=O) groups is 1.